The minimum atomic E-state index is -0.388. The van der Waals surface area contributed by atoms with Crippen molar-refractivity contribution in [1.82, 2.24) is 15.0 Å². The number of esters is 1. The highest BCUT2D eigenvalue weighted by Crippen LogP contribution is 2.45. The first-order chi connectivity index (χ1) is 17.7. The van der Waals surface area contributed by atoms with Crippen LogP contribution in [0, 0.1) is 6.92 Å². The summed E-state index contributed by atoms with van der Waals surface area (Å²) in [6.45, 7) is 10.3. The molecule has 1 aliphatic heterocycles. The van der Waals surface area contributed by atoms with Crippen LogP contribution < -0.4 is 15.1 Å². The molecule has 37 heavy (non-hydrogen) atoms. The Morgan fingerprint density at radius 3 is 2.78 bits per heavy atom. The third-order valence-electron chi connectivity index (χ3n) is 6.77. The molecular formula is C28H37N3O6. The van der Waals surface area contributed by atoms with Crippen molar-refractivity contribution in [2.24, 2.45) is 0 Å². The summed E-state index contributed by atoms with van der Waals surface area (Å²) in [4.78, 5) is 24.8. The van der Waals surface area contributed by atoms with Crippen molar-refractivity contribution in [2.45, 2.75) is 98.3 Å². The van der Waals surface area contributed by atoms with E-state index in [0.717, 1.165) is 60.6 Å². The van der Waals surface area contributed by atoms with Gasteiger partial charge >= 0.3 is 11.6 Å². The zero-order valence-corrected chi connectivity index (χ0v) is 22.5. The minimum Gasteiger partial charge on any atom is -0.484 e. The summed E-state index contributed by atoms with van der Waals surface area (Å²) in [5, 5.41) is 8.97. The van der Waals surface area contributed by atoms with Gasteiger partial charge in [0.25, 0.3) is 0 Å². The Bertz CT molecular complexity index is 1320. The number of hydrogen-bond donors (Lipinski definition) is 0. The topological polar surface area (TPSA) is 106 Å². The van der Waals surface area contributed by atoms with Crippen molar-refractivity contribution in [3.05, 3.63) is 45.1 Å². The summed E-state index contributed by atoms with van der Waals surface area (Å²) in [5.74, 6) is 0.611. The number of hydrogen-bond acceptors (Lipinski definition) is 8. The number of carbonyl (C=O) groups excluding carboxylic acids is 1. The van der Waals surface area contributed by atoms with Gasteiger partial charge in [0.2, 0.25) is 5.75 Å². The molecule has 1 aromatic carbocycles. The lowest BCUT2D eigenvalue weighted by Crippen LogP contribution is -2.33. The first kappa shape index (κ1) is 26.7. The average molecular weight is 512 g/mol. The van der Waals surface area contributed by atoms with Crippen molar-refractivity contribution in [2.75, 3.05) is 6.61 Å². The molecule has 1 aliphatic rings. The molecule has 200 valence electrons. The summed E-state index contributed by atoms with van der Waals surface area (Å²) in [6.07, 6.45) is 8.37. The van der Waals surface area contributed by atoms with Crippen LogP contribution in [0.1, 0.15) is 82.2 Å². The van der Waals surface area contributed by atoms with Gasteiger partial charge in [-0.2, -0.15) is 0 Å². The Morgan fingerprint density at radius 2 is 2.03 bits per heavy atom. The van der Waals surface area contributed by atoms with Gasteiger partial charge in [-0.3, -0.25) is 4.79 Å². The van der Waals surface area contributed by atoms with Gasteiger partial charge in [-0.05, 0) is 70.6 Å². The highest BCUT2D eigenvalue weighted by molar-refractivity contribution is 5.90. The Hall–Kier alpha value is -3.36. The van der Waals surface area contributed by atoms with E-state index in [1.165, 1.54) is 4.68 Å². The van der Waals surface area contributed by atoms with Crippen LogP contribution in [0.25, 0.3) is 11.0 Å². The van der Waals surface area contributed by atoms with Crippen LogP contribution in [0.3, 0.4) is 0 Å². The van der Waals surface area contributed by atoms with Gasteiger partial charge in [0.05, 0.1) is 12.8 Å². The maximum absolute atomic E-state index is 13.1. The number of aromatic nitrogens is 3. The molecule has 0 saturated heterocycles. The number of benzene rings is 1. The molecule has 2 aromatic heterocycles. The van der Waals surface area contributed by atoms with E-state index in [4.69, 9.17) is 18.6 Å². The van der Waals surface area contributed by atoms with Gasteiger partial charge in [0.1, 0.15) is 24.4 Å². The zero-order chi connectivity index (χ0) is 26.6. The number of ether oxygens (including phenoxy) is 3. The van der Waals surface area contributed by atoms with Crippen LogP contribution >= 0.6 is 0 Å². The second-order valence-electron chi connectivity index (χ2n) is 10.2. The Balaban J connectivity index is 1.68. The minimum absolute atomic E-state index is 0.0308. The second kappa shape index (κ2) is 11.4. The summed E-state index contributed by atoms with van der Waals surface area (Å²) in [5.41, 5.74) is 2.89. The lowest BCUT2D eigenvalue weighted by molar-refractivity contribution is -0.144. The molecule has 0 fully saturated rings. The number of unbranched alkanes of at least 4 members (excludes halogenated alkanes) is 3. The van der Waals surface area contributed by atoms with E-state index in [1.54, 1.807) is 13.1 Å². The fraction of sp³-hybridized carbons (Fsp3) is 0.571. The molecule has 0 saturated carbocycles. The molecule has 9 heteroatoms. The lowest BCUT2D eigenvalue weighted by Gasteiger charge is -2.33. The van der Waals surface area contributed by atoms with Gasteiger partial charge in [-0.25, -0.2) is 9.48 Å². The van der Waals surface area contributed by atoms with E-state index >= 15 is 0 Å². The van der Waals surface area contributed by atoms with Crippen molar-refractivity contribution in [3.8, 4) is 11.5 Å². The lowest BCUT2D eigenvalue weighted by atomic mass is 9.91. The molecule has 3 heterocycles. The predicted octanol–water partition coefficient (Wildman–Crippen LogP) is 5.06. The van der Waals surface area contributed by atoms with Crippen LogP contribution in [-0.2, 0) is 35.5 Å². The summed E-state index contributed by atoms with van der Waals surface area (Å²) in [6, 6.07) is 2.08. The van der Waals surface area contributed by atoms with Gasteiger partial charge in [0, 0.05) is 10.9 Å². The molecule has 0 atom stereocenters. The molecule has 9 nitrogen and oxygen atoms in total. The second-order valence-corrected chi connectivity index (χ2v) is 10.2. The molecule has 3 aromatic rings. The van der Waals surface area contributed by atoms with Crippen LogP contribution in [0.2, 0.25) is 0 Å². The maximum atomic E-state index is 13.1. The van der Waals surface area contributed by atoms with E-state index in [9.17, 15) is 9.59 Å². The quantitative estimate of drug-likeness (QED) is 0.200. The van der Waals surface area contributed by atoms with Crippen LogP contribution in [0.5, 0.6) is 11.5 Å². The molecule has 0 spiro atoms. The van der Waals surface area contributed by atoms with Crippen LogP contribution in [-0.4, -0.2) is 33.2 Å². The molecule has 0 N–H and O–H groups in total. The normalized spacial score (nSPS) is 14.3. The number of nitrogens with zero attached hydrogens (tertiary/aromatic N) is 3. The van der Waals surface area contributed by atoms with Crippen LogP contribution in [0.4, 0.5) is 0 Å². The van der Waals surface area contributed by atoms with E-state index in [1.807, 2.05) is 20.8 Å². The number of aryl methyl sites for hydroxylation is 2. The van der Waals surface area contributed by atoms with Crippen molar-refractivity contribution in [3.63, 3.8) is 0 Å². The SMILES string of the molecule is CCCCCCc1c(C)c2cc3c(c(OCc4cn(CC(=O)OCC)nn4)c2oc1=O)OC(C)(C)CC3. The highest BCUT2D eigenvalue weighted by Gasteiger charge is 2.32. The monoisotopic (exact) mass is 511 g/mol. The van der Waals surface area contributed by atoms with Crippen molar-refractivity contribution >= 4 is 16.9 Å². The van der Waals surface area contributed by atoms with Gasteiger partial charge in [0.15, 0.2) is 11.3 Å². The van der Waals surface area contributed by atoms with Gasteiger partial charge in [-0.15, -0.1) is 5.10 Å². The zero-order valence-electron chi connectivity index (χ0n) is 22.5. The smallest absolute Gasteiger partial charge is 0.339 e. The standard InChI is InChI=1S/C28H37N3O6/c1-6-8-9-10-11-21-18(3)22-14-19-12-13-28(4,5)37-24(19)26(25(22)36-27(21)33)35-17-20-15-31(30-29-20)16-23(32)34-7-2/h14-15H,6-13,16-17H2,1-5H3. The molecule has 4 rings (SSSR count). The van der Waals surface area contributed by atoms with E-state index < -0.39 is 0 Å². The molecule has 0 bridgehead atoms. The van der Waals surface area contributed by atoms with Crippen molar-refractivity contribution in [1.29, 1.82) is 0 Å². The summed E-state index contributed by atoms with van der Waals surface area (Å²) < 4.78 is 24.9. The van der Waals surface area contributed by atoms with Crippen molar-refractivity contribution < 1.29 is 23.4 Å². The third-order valence-corrected chi connectivity index (χ3v) is 6.77. The molecular weight excluding hydrogens is 474 g/mol. The number of rotatable bonds is 11. The average Bonchev–Trinajstić information content (AvgIpc) is 3.28. The predicted molar refractivity (Wildman–Crippen MR) is 139 cm³/mol. The molecule has 0 unspecified atom stereocenters. The molecule has 0 amide bonds. The fourth-order valence-corrected chi connectivity index (χ4v) is 4.70. The van der Waals surface area contributed by atoms with E-state index in [0.29, 0.717) is 35.8 Å². The first-order valence-electron chi connectivity index (χ1n) is 13.2. The first-order valence-corrected chi connectivity index (χ1v) is 13.2. The van der Waals surface area contributed by atoms with Gasteiger partial charge < -0.3 is 18.6 Å². The fourth-order valence-electron chi connectivity index (χ4n) is 4.70. The van der Waals surface area contributed by atoms with Gasteiger partial charge in [-0.1, -0.05) is 31.4 Å². The Labute approximate surface area is 217 Å². The number of carbonyl (C=O) groups is 1. The summed E-state index contributed by atoms with van der Waals surface area (Å²) in [7, 11) is 0. The Morgan fingerprint density at radius 1 is 1.22 bits per heavy atom. The molecule has 0 radical (unpaired) electrons. The highest BCUT2D eigenvalue weighted by atomic mass is 16.5. The third kappa shape index (κ3) is 6.14. The van der Waals surface area contributed by atoms with Crippen LogP contribution in [0.15, 0.2) is 21.5 Å². The largest absolute Gasteiger partial charge is 0.484 e. The maximum Gasteiger partial charge on any atom is 0.339 e. The number of fused-ring (bicyclic) bond motifs is 2. The Kier molecular flexibility index (Phi) is 8.19. The summed E-state index contributed by atoms with van der Waals surface area (Å²) >= 11 is 0. The molecule has 0 aliphatic carbocycles. The van der Waals surface area contributed by atoms with E-state index in [-0.39, 0.29) is 30.3 Å². The van der Waals surface area contributed by atoms with E-state index in [2.05, 4.69) is 23.3 Å².